The first kappa shape index (κ1) is 24.7. The molecule has 0 nitrogen and oxygen atoms in total. The summed E-state index contributed by atoms with van der Waals surface area (Å²) in [5.74, 6) is -1.43. The second-order valence-corrected chi connectivity index (χ2v) is 69.5. The fourth-order valence-corrected chi connectivity index (χ4v) is 53.1. The van der Waals surface area contributed by atoms with Gasteiger partial charge in [0, 0.05) is 0 Å². The van der Waals surface area contributed by atoms with E-state index in [2.05, 4.69) is 89.3 Å². The van der Waals surface area contributed by atoms with Crippen molar-refractivity contribution < 1.29 is 15.3 Å². The van der Waals surface area contributed by atoms with Gasteiger partial charge in [-0.15, -0.1) is 0 Å². The molecule has 2 aliphatic rings. The maximum atomic E-state index is 8.30. The molecule has 2 aliphatic carbocycles. The van der Waals surface area contributed by atoms with Crippen molar-refractivity contribution in [1.82, 2.24) is 0 Å². The molecule has 0 radical (unpaired) electrons. The van der Waals surface area contributed by atoms with Gasteiger partial charge in [0.1, 0.15) is 0 Å². The molecule has 32 heavy (non-hydrogen) atoms. The van der Waals surface area contributed by atoms with Gasteiger partial charge in [0.25, 0.3) is 0 Å². The molecular formula is C28H37Cl2HfSi. The number of allylic oxidation sites excluding steroid dienone is 4. The van der Waals surface area contributed by atoms with E-state index in [1.807, 2.05) is 0 Å². The molecule has 2 atom stereocenters. The molecule has 4 rings (SSSR count). The Bertz CT molecular complexity index is 1030. The zero-order valence-electron chi connectivity index (χ0n) is 20.4. The van der Waals surface area contributed by atoms with Crippen molar-refractivity contribution in [3.8, 4) is 0 Å². The Labute approximate surface area is 204 Å². The zero-order chi connectivity index (χ0) is 23.3. The molecule has 171 valence electrons. The molecule has 0 fully saturated rings. The third-order valence-corrected chi connectivity index (χ3v) is 81.5. The quantitative estimate of drug-likeness (QED) is 0.262. The Morgan fingerprint density at radius 1 is 0.719 bits per heavy atom. The van der Waals surface area contributed by atoms with Crippen LogP contribution in [0.2, 0.25) is 13.1 Å². The molecule has 0 saturated heterocycles. The Morgan fingerprint density at radius 3 is 1.44 bits per heavy atom. The number of halogens is 2. The van der Waals surface area contributed by atoms with E-state index in [0.717, 1.165) is 25.7 Å². The molecule has 2 aromatic rings. The van der Waals surface area contributed by atoms with E-state index in [-0.39, 0.29) is 7.35 Å². The number of hydrogen-bond donors (Lipinski definition) is 0. The van der Waals surface area contributed by atoms with Crippen LogP contribution in [0.5, 0.6) is 0 Å². The second kappa shape index (κ2) is 8.99. The third-order valence-electron chi connectivity index (χ3n) is 8.22. The molecular weight excluding hydrogens is 614 g/mol. The van der Waals surface area contributed by atoms with Crippen molar-refractivity contribution in [2.75, 3.05) is 0 Å². The van der Waals surface area contributed by atoms with Crippen LogP contribution in [-0.4, -0.2) is 5.98 Å². The number of rotatable bonds is 7. The van der Waals surface area contributed by atoms with Crippen LogP contribution < -0.4 is 0 Å². The Hall–Kier alpha value is -0.413. The van der Waals surface area contributed by atoms with Crippen molar-refractivity contribution >= 4 is 34.3 Å². The van der Waals surface area contributed by atoms with Gasteiger partial charge in [0.15, 0.2) is 0 Å². The molecule has 2 unspecified atom stereocenters. The van der Waals surface area contributed by atoms with Crippen LogP contribution in [0.15, 0.2) is 59.7 Å². The molecule has 0 bridgehead atoms. The predicted molar refractivity (Wildman–Crippen MR) is 144 cm³/mol. The summed E-state index contributed by atoms with van der Waals surface area (Å²) in [6.07, 6.45) is 4.51. The van der Waals surface area contributed by atoms with Crippen molar-refractivity contribution in [3.05, 3.63) is 81.9 Å². The molecule has 0 aliphatic heterocycles. The molecule has 0 aromatic heterocycles. The van der Waals surface area contributed by atoms with Gasteiger partial charge in [0.2, 0.25) is 0 Å². The first-order valence-corrected chi connectivity index (χ1v) is 34.5. The molecule has 0 heterocycles. The van der Waals surface area contributed by atoms with Crippen molar-refractivity contribution in [2.45, 2.75) is 73.8 Å². The van der Waals surface area contributed by atoms with E-state index in [1.54, 1.807) is 0 Å². The van der Waals surface area contributed by atoms with E-state index in [4.69, 9.17) is 17.2 Å². The maximum absolute atomic E-state index is 8.30. The predicted octanol–water partition coefficient (Wildman–Crippen LogP) is 9.62. The molecule has 2 aromatic carbocycles. The van der Waals surface area contributed by atoms with Crippen LogP contribution in [0.4, 0.5) is 0 Å². The number of benzene rings is 2. The Morgan fingerprint density at radius 2 is 1.09 bits per heavy atom. The van der Waals surface area contributed by atoms with E-state index in [9.17, 15) is 0 Å². The normalized spacial score (nSPS) is 21.7. The first-order valence-electron chi connectivity index (χ1n) is 12.3. The van der Waals surface area contributed by atoms with Gasteiger partial charge in [-0.2, -0.15) is 0 Å². The Kier molecular flexibility index (Phi) is 6.94. The molecule has 0 saturated carbocycles. The SMILES string of the molecule is CCCC1=C(C)[CH]([Hf]([Cl])([Cl])([CH]2C(C)=C(CCC)c3ccccc32)[SiH](C)C)c2ccccc21. The average Bonchev–Trinajstić information content (AvgIpc) is 3.21. The number of fused-ring (bicyclic) bond motifs is 2. The van der Waals surface area contributed by atoms with Crippen LogP contribution in [0.3, 0.4) is 0 Å². The van der Waals surface area contributed by atoms with Gasteiger partial charge in [0.05, 0.1) is 0 Å². The standard InChI is InChI=1S/2C13H15.C2H7Si.2ClH.Hf/c2*1-3-6-12-10(2)9-11-7-4-5-8-13(11)12;1-3-2;;;/h2*4-5,7-9H,3,6H2,1-2H3;3H,1-2H3;2*1H;/q;;;;;+2/p-2. The average molecular weight is 651 g/mol. The third kappa shape index (κ3) is 3.46. The Balaban J connectivity index is 2.03. The summed E-state index contributed by atoms with van der Waals surface area (Å²) in [5, 5.41) is 0. The summed E-state index contributed by atoms with van der Waals surface area (Å²) < 4.78 is 0.461. The van der Waals surface area contributed by atoms with E-state index < -0.39 is 21.3 Å². The minimum atomic E-state index is -4.63. The van der Waals surface area contributed by atoms with E-state index >= 15 is 0 Å². The van der Waals surface area contributed by atoms with Gasteiger partial charge in [-0.3, -0.25) is 0 Å². The summed E-state index contributed by atoms with van der Waals surface area (Å²) in [6, 6.07) is 18.0. The van der Waals surface area contributed by atoms with Crippen LogP contribution in [-0.2, 0) is 15.3 Å². The minimum absolute atomic E-state index is 0.230. The molecule has 0 N–H and O–H groups in total. The second-order valence-electron chi connectivity index (χ2n) is 10.2. The van der Waals surface area contributed by atoms with Crippen LogP contribution in [0.1, 0.15) is 83.0 Å². The summed E-state index contributed by atoms with van der Waals surface area (Å²) in [5.41, 5.74) is 11.6. The van der Waals surface area contributed by atoms with Gasteiger partial charge in [-0.05, 0) is 0 Å². The fraction of sp³-hybridized carbons (Fsp3) is 0.429. The summed E-state index contributed by atoms with van der Waals surface area (Å²) in [6.45, 7) is 14.1. The van der Waals surface area contributed by atoms with Gasteiger partial charge in [-0.1, -0.05) is 0 Å². The zero-order valence-corrected chi connectivity index (χ0v) is 26.7. The first-order chi connectivity index (χ1) is 15.2. The van der Waals surface area contributed by atoms with Crippen molar-refractivity contribution in [2.24, 2.45) is 0 Å². The van der Waals surface area contributed by atoms with Crippen molar-refractivity contribution in [3.63, 3.8) is 0 Å². The van der Waals surface area contributed by atoms with Gasteiger partial charge >= 0.3 is 205 Å². The van der Waals surface area contributed by atoms with Crippen LogP contribution in [0, 0.1) is 0 Å². The van der Waals surface area contributed by atoms with Crippen LogP contribution >= 0.6 is 17.2 Å². The van der Waals surface area contributed by atoms with Gasteiger partial charge in [-0.25, -0.2) is 0 Å². The fourth-order valence-electron chi connectivity index (χ4n) is 6.71. The molecule has 0 spiro atoms. The van der Waals surface area contributed by atoms with E-state index in [0.29, 0.717) is 0 Å². The topological polar surface area (TPSA) is 0 Å². The molecule has 4 heteroatoms. The van der Waals surface area contributed by atoms with Crippen molar-refractivity contribution in [1.29, 1.82) is 0 Å². The summed E-state index contributed by atoms with van der Waals surface area (Å²) >= 11 is -4.63. The van der Waals surface area contributed by atoms with E-state index in [1.165, 1.54) is 44.5 Å². The monoisotopic (exact) mass is 651 g/mol. The van der Waals surface area contributed by atoms with Crippen LogP contribution in [0.25, 0.3) is 11.1 Å². The molecule has 0 amide bonds. The summed E-state index contributed by atoms with van der Waals surface area (Å²) in [4.78, 5) is 0. The summed E-state index contributed by atoms with van der Waals surface area (Å²) in [7, 11) is 16.6. The van der Waals surface area contributed by atoms with Gasteiger partial charge < -0.3 is 0 Å². The number of hydrogen-bond acceptors (Lipinski definition) is 0.